The smallest absolute Gasteiger partial charge is 0.198 e. The highest BCUT2D eigenvalue weighted by molar-refractivity contribution is 6.33. The van der Waals surface area contributed by atoms with Gasteiger partial charge < -0.3 is 24.1 Å². The largest absolute Gasteiger partial charge is 0.507 e. The molecule has 0 bridgehead atoms. The van der Waals surface area contributed by atoms with Gasteiger partial charge in [-0.25, -0.2) is 0 Å². The van der Waals surface area contributed by atoms with Gasteiger partial charge in [-0.3, -0.25) is 9.59 Å². The zero-order valence-corrected chi connectivity index (χ0v) is 28.5. The van der Waals surface area contributed by atoms with Crippen molar-refractivity contribution in [3.63, 3.8) is 0 Å². The summed E-state index contributed by atoms with van der Waals surface area (Å²) < 4.78 is 26.6. The second-order valence-corrected chi connectivity index (χ2v) is 13.3. The molecule has 4 unspecified atom stereocenters. The molecule has 1 heterocycles. The monoisotopic (exact) mass is 690 g/mol. The summed E-state index contributed by atoms with van der Waals surface area (Å²) in [6.07, 6.45) is -2.04. The van der Waals surface area contributed by atoms with Crippen molar-refractivity contribution in [1.82, 2.24) is 0 Å². The number of benzene rings is 6. The molecule has 0 amide bonds. The molecular weight excluding hydrogens is 652 g/mol. The van der Waals surface area contributed by atoms with E-state index in [4.69, 9.17) is 18.9 Å². The third kappa shape index (κ3) is 6.67. The molecule has 1 fully saturated rings. The van der Waals surface area contributed by atoms with E-state index in [1.54, 1.807) is 24.3 Å². The fraction of sp³-hybridized carbons (Fsp3) is 0.200. The average molecular weight is 691 g/mol. The molecular formula is C45H38O7. The van der Waals surface area contributed by atoms with Crippen LogP contribution in [0.2, 0.25) is 0 Å². The van der Waals surface area contributed by atoms with Gasteiger partial charge in [-0.15, -0.1) is 0 Å². The van der Waals surface area contributed by atoms with Crippen molar-refractivity contribution in [3.8, 4) is 5.75 Å². The van der Waals surface area contributed by atoms with Crippen molar-refractivity contribution in [1.29, 1.82) is 0 Å². The van der Waals surface area contributed by atoms with Gasteiger partial charge in [0.25, 0.3) is 0 Å². The third-order valence-electron chi connectivity index (χ3n) is 9.93. The van der Waals surface area contributed by atoms with Crippen LogP contribution in [0, 0.1) is 0 Å². The molecule has 1 N–H and O–H groups in total. The van der Waals surface area contributed by atoms with Gasteiger partial charge in [-0.1, -0.05) is 140 Å². The lowest BCUT2D eigenvalue weighted by molar-refractivity contribution is -0.222. The van der Waals surface area contributed by atoms with Gasteiger partial charge in [0.2, 0.25) is 0 Å². The fourth-order valence-electron chi connectivity index (χ4n) is 7.42. The molecule has 6 aromatic carbocycles. The molecule has 0 aromatic heterocycles. The maximum absolute atomic E-state index is 14.1. The van der Waals surface area contributed by atoms with Gasteiger partial charge in [-0.05, 0) is 27.5 Å². The number of aromatic hydroxyl groups is 1. The second-order valence-electron chi connectivity index (χ2n) is 13.3. The first-order valence-electron chi connectivity index (χ1n) is 17.6. The van der Waals surface area contributed by atoms with Crippen molar-refractivity contribution in [2.24, 2.45) is 0 Å². The Labute approximate surface area is 302 Å². The first-order chi connectivity index (χ1) is 25.6. The number of fused-ring (bicyclic) bond motifs is 4. The zero-order chi connectivity index (χ0) is 35.4. The SMILES string of the molecule is O=C1c2ccccc2C(=O)c2c1c(O)c(C1CC(OCc3ccccc3)C(OCc3ccccc3)C(COCc3ccccc3)O1)c1ccccc21. The Kier molecular flexibility index (Phi) is 9.74. The topological polar surface area (TPSA) is 91.3 Å². The van der Waals surface area contributed by atoms with Crippen LogP contribution in [0.4, 0.5) is 0 Å². The van der Waals surface area contributed by atoms with Crippen molar-refractivity contribution in [2.75, 3.05) is 6.61 Å². The minimum atomic E-state index is -0.724. The van der Waals surface area contributed by atoms with E-state index in [9.17, 15) is 14.7 Å². The van der Waals surface area contributed by atoms with Gasteiger partial charge in [0.05, 0.1) is 44.2 Å². The number of phenols is 1. The number of ether oxygens (including phenoxy) is 4. The molecule has 4 atom stereocenters. The quantitative estimate of drug-likeness (QED) is 0.146. The molecule has 52 heavy (non-hydrogen) atoms. The summed E-state index contributed by atoms with van der Waals surface area (Å²) >= 11 is 0. The van der Waals surface area contributed by atoms with Crippen molar-refractivity contribution in [3.05, 3.63) is 184 Å². The number of carbonyl (C=O) groups excluding carboxylic acids is 2. The van der Waals surface area contributed by atoms with Crippen LogP contribution in [0.1, 0.15) is 66.6 Å². The van der Waals surface area contributed by atoms with Crippen molar-refractivity contribution >= 4 is 22.3 Å². The van der Waals surface area contributed by atoms with E-state index in [0.717, 1.165) is 16.7 Å². The normalized spacial score (nSPS) is 19.7. The zero-order valence-electron chi connectivity index (χ0n) is 28.5. The molecule has 0 spiro atoms. The first kappa shape index (κ1) is 33.7. The molecule has 8 rings (SSSR count). The lowest BCUT2D eigenvalue weighted by atomic mass is 9.78. The highest BCUT2D eigenvalue weighted by atomic mass is 16.6. The Morgan fingerprint density at radius 2 is 1.08 bits per heavy atom. The summed E-state index contributed by atoms with van der Waals surface area (Å²) in [6, 6.07) is 44.0. The second kappa shape index (κ2) is 15.0. The van der Waals surface area contributed by atoms with E-state index in [0.29, 0.717) is 48.1 Å². The number of phenolic OH excluding ortho intramolecular Hbond substituents is 1. The molecule has 2 aliphatic rings. The third-order valence-corrected chi connectivity index (χ3v) is 9.93. The summed E-state index contributed by atoms with van der Waals surface area (Å²) in [6.45, 7) is 1.23. The van der Waals surface area contributed by atoms with Gasteiger partial charge in [0.1, 0.15) is 18.0 Å². The van der Waals surface area contributed by atoms with Gasteiger partial charge >= 0.3 is 0 Å². The first-order valence-corrected chi connectivity index (χ1v) is 17.6. The Morgan fingerprint density at radius 3 is 1.69 bits per heavy atom. The van der Waals surface area contributed by atoms with Crippen LogP contribution < -0.4 is 0 Å². The minimum Gasteiger partial charge on any atom is -0.507 e. The molecule has 1 saturated heterocycles. The lowest BCUT2D eigenvalue weighted by Gasteiger charge is -2.42. The summed E-state index contributed by atoms with van der Waals surface area (Å²) in [5, 5.41) is 13.4. The number of carbonyl (C=O) groups is 2. The Balaban J connectivity index is 1.20. The Hall–Kier alpha value is -5.44. The van der Waals surface area contributed by atoms with E-state index in [2.05, 4.69) is 0 Å². The fourth-order valence-corrected chi connectivity index (χ4v) is 7.42. The summed E-state index contributed by atoms with van der Waals surface area (Å²) in [7, 11) is 0. The minimum absolute atomic E-state index is 0.00193. The van der Waals surface area contributed by atoms with E-state index in [1.807, 2.05) is 115 Å². The van der Waals surface area contributed by atoms with Crippen LogP contribution >= 0.6 is 0 Å². The maximum Gasteiger partial charge on any atom is 0.198 e. The number of hydrogen-bond donors (Lipinski definition) is 1. The summed E-state index contributed by atoms with van der Waals surface area (Å²) in [5.41, 5.74) is 4.29. The van der Waals surface area contributed by atoms with Crippen LogP contribution in [-0.2, 0) is 38.8 Å². The molecule has 7 nitrogen and oxygen atoms in total. The van der Waals surface area contributed by atoms with Crippen LogP contribution in [0.5, 0.6) is 5.75 Å². The van der Waals surface area contributed by atoms with Crippen molar-refractivity contribution in [2.45, 2.75) is 50.7 Å². The number of rotatable bonds is 11. The molecule has 7 heteroatoms. The van der Waals surface area contributed by atoms with Crippen LogP contribution in [0.3, 0.4) is 0 Å². The van der Waals surface area contributed by atoms with Crippen LogP contribution in [0.25, 0.3) is 10.8 Å². The average Bonchev–Trinajstić information content (AvgIpc) is 3.19. The van der Waals surface area contributed by atoms with Crippen LogP contribution in [-0.4, -0.2) is 41.6 Å². The summed E-state index contributed by atoms with van der Waals surface area (Å²) in [5.74, 6) is -0.936. The lowest BCUT2D eigenvalue weighted by Crippen LogP contribution is -2.50. The maximum atomic E-state index is 14.1. The number of ketones is 2. The van der Waals surface area contributed by atoms with E-state index in [1.165, 1.54) is 0 Å². The molecule has 0 radical (unpaired) electrons. The Bertz CT molecular complexity index is 2200. The summed E-state index contributed by atoms with van der Waals surface area (Å²) in [4.78, 5) is 28.0. The van der Waals surface area contributed by atoms with Gasteiger partial charge in [-0.2, -0.15) is 0 Å². The standard InChI is InChI=1S/C45H38O7/c46-42-34-22-12-13-23-35(34)43(47)41-40(42)33-21-11-10-20-32(33)39(44(41)48)36-24-37(50-26-30-16-6-2-7-17-30)45(51-27-31-18-8-3-9-19-31)38(52-36)28-49-25-29-14-4-1-5-15-29/h1-23,36-38,45,48H,24-28H2. The van der Waals surface area contributed by atoms with Gasteiger partial charge in [0, 0.05) is 28.7 Å². The van der Waals surface area contributed by atoms with E-state index < -0.39 is 30.2 Å². The molecule has 260 valence electrons. The highest BCUT2D eigenvalue weighted by Crippen LogP contribution is 2.47. The van der Waals surface area contributed by atoms with E-state index in [-0.39, 0.29) is 34.8 Å². The molecule has 1 aliphatic heterocycles. The molecule has 6 aromatic rings. The predicted molar refractivity (Wildman–Crippen MR) is 197 cm³/mol. The van der Waals surface area contributed by atoms with Gasteiger partial charge in [0.15, 0.2) is 11.6 Å². The predicted octanol–water partition coefficient (Wildman–Crippen LogP) is 8.54. The Morgan fingerprint density at radius 1 is 0.577 bits per heavy atom. The highest BCUT2D eigenvalue weighted by Gasteiger charge is 2.44. The molecule has 1 aliphatic carbocycles. The number of hydrogen-bond acceptors (Lipinski definition) is 7. The van der Waals surface area contributed by atoms with Crippen LogP contribution in [0.15, 0.2) is 140 Å². The molecule has 0 saturated carbocycles. The van der Waals surface area contributed by atoms with Crippen molar-refractivity contribution < 1.29 is 33.6 Å². The van der Waals surface area contributed by atoms with E-state index >= 15 is 0 Å².